The van der Waals surface area contributed by atoms with Crippen LogP contribution in [0.25, 0.3) is 22.5 Å². The second kappa shape index (κ2) is 5.25. The van der Waals surface area contributed by atoms with Crippen LogP contribution >= 0.6 is 0 Å². The molecule has 0 spiro atoms. The molecule has 0 bridgehead atoms. The van der Waals surface area contributed by atoms with Gasteiger partial charge in [0.2, 0.25) is 0 Å². The first kappa shape index (κ1) is 12.5. The highest BCUT2D eigenvalue weighted by Crippen LogP contribution is 2.23. The molecule has 1 heterocycles. The Balaban J connectivity index is 2.06. The fourth-order valence-corrected chi connectivity index (χ4v) is 2.28. The maximum atomic E-state index is 4.39. The van der Waals surface area contributed by atoms with Crippen molar-refractivity contribution in [3.8, 4) is 22.5 Å². The van der Waals surface area contributed by atoms with Gasteiger partial charge in [-0.25, -0.2) is 9.97 Å². The van der Waals surface area contributed by atoms with Crippen LogP contribution in [-0.4, -0.2) is 9.97 Å². The van der Waals surface area contributed by atoms with E-state index in [1.165, 1.54) is 11.1 Å². The zero-order chi connectivity index (χ0) is 13.9. The largest absolute Gasteiger partial charge is 0.236 e. The highest BCUT2D eigenvalue weighted by molar-refractivity contribution is 5.68. The zero-order valence-corrected chi connectivity index (χ0v) is 11.7. The van der Waals surface area contributed by atoms with Crippen LogP contribution in [0.2, 0.25) is 0 Å². The minimum atomic E-state index is 0.959. The van der Waals surface area contributed by atoms with Gasteiger partial charge in [0.15, 0.2) is 0 Å². The summed E-state index contributed by atoms with van der Waals surface area (Å²) in [6, 6.07) is 18.8. The number of hydrogen-bond donors (Lipinski definition) is 0. The molecule has 0 amide bonds. The smallest absolute Gasteiger partial charge is 0.116 e. The third kappa shape index (κ3) is 2.59. The molecule has 1 aromatic heterocycles. The van der Waals surface area contributed by atoms with E-state index in [9.17, 15) is 0 Å². The molecule has 2 aromatic carbocycles. The lowest BCUT2D eigenvalue weighted by Gasteiger charge is -2.05. The van der Waals surface area contributed by atoms with E-state index in [1.54, 1.807) is 6.33 Å². The van der Waals surface area contributed by atoms with Crippen LogP contribution < -0.4 is 0 Å². The Hall–Kier alpha value is -2.48. The third-order valence-electron chi connectivity index (χ3n) is 3.29. The van der Waals surface area contributed by atoms with Crippen molar-refractivity contribution in [2.75, 3.05) is 0 Å². The van der Waals surface area contributed by atoms with E-state index in [2.05, 4.69) is 72.3 Å². The first-order valence-electron chi connectivity index (χ1n) is 6.68. The minimum Gasteiger partial charge on any atom is -0.236 e. The molecule has 0 N–H and O–H groups in total. The minimum absolute atomic E-state index is 0.959. The number of rotatable bonds is 2. The van der Waals surface area contributed by atoms with E-state index in [0.29, 0.717) is 0 Å². The Morgan fingerprint density at radius 3 is 1.60 bits per heavy atom. The van der Waals surface area contributed by atoms with Gasteiger partial charge in [-0.3, -0.25) is 0 Å². The van der Waals surface area contributed by atoms with Crippen LogP contribution in [0.5, 0.6) is 0 Å². The van der Waals surface area contributed by atoms with E-state index >= 15 is 0 Å². The lowest BCUT2D eigenvalue weighted by molar-refractivity contribution is 1.17. The topological polar surface area (TPSA) is 25.8 Å². The second-order valence-corrected chi connectivity index (χ2v) is 5.03. The number of aromatic nitrogens is 2. The second-order valence-electron chi connectivity index (χ2n) is 5.03. The Bertz CT molecular complexity index is 687. The van der Waals surface area contributed by atoms with Crippen molar-refractivity contribution in [3.63, 3.8) is 0 Å². The van der Waals surface area contributed by atoms with Gasteiger partial charge in [0.25, 0.3) is 0 Å². The molecule has 0 aliphatic rings. The SMILES string of the molecule is Cc1cccc(-c2cc(-c3cccc(C)c3)ncn2)c1. The zero-order valence-electron chi connectivity index (χ0n) is 11.7. The summed E-state index contributed by atoms with van der Waals surface area (Å²) in [4.78, 5) is 8.78. The Morgan fingerprint density at radius 1 is 0.650 bits per heavy atom. The maximum Gasteiger partial charge on any atom is 0.116 e. The summed E-state index contributed by atoms with van der Waals surface area (Å²) in [5, 5.41) is 0. The van der Waals surface area contributed by atoms with Gasteiger partial charge in [-0.1, -0.05) is 47.5 Å². The van der Waals surface area contributed by atoms with Gasteiger partial charge in [-0.15, -0.1) is 0 Å². The van der Waals surface area contributed by atoms with Crippen LogP contribution in [0.1, 0.15) is 11.1 Å². The van der Waals surface area contributed by atoms with Crippen molar-refractivity contribution < 1.29 is 0 Å². The number of benzene rings is 2. The average Bonchev–Trinajstić information content (AvgIpc) is 2.47. The van der Waals surface area contributed by atoms with Crippen molar-refractivity contribution in [1.29, 1.82) is 0 Å². The summed E-state index contributed by atoms with van der Waals surface area (Å²) in [6.07, 6.45) is 1.63. The quantitative estimate of drug-likeness (QED) is 0.681. The van der Waals surface area contributed by atoms with Crippen molar-refractivity contribution >= 4 is 0 Å². The van der Waals surface area contributed by atoms with Crippen LogP contribution in [0.4, 0.5) is 0 Å². The van der Waals surface area contributed by atoms with Gasteiger partial charge in [-0.2, -0.15) is 0 Å². The number of hydrogen-bond acceptors (Lipinski definition) is 2. The molecule has 3 aromatic rings. The molecule has 0 fully saturated rings. The fraction of sp³-hybridized carbons (Fsp3) is 0.111. The van der Waals surface area contributed by atoms with Crippen LogP contribution in [-0.2, 0) is 0 Å². The van der Waals surface area contributed by atoms with Gasteiger partial charge in [0, 0.05) is 11.1 Å². The lowest BCUT2D eigenvalue weighted by Crippen LogP contribution is -1.90. The maximum absolute atomic E-state index is 4.39. The molecule has 2 heteroatoms. The van der Waals surface area contributed by atoms with Crippen molar-refractivity contribution in [2.45, 2.75) is 13.8 Å². The van der Waals surface area contributed by atoms with Crippen LogP contribution in [0.15, 0.2) is 60.9 Å². The summed E-state index contributed by atoms with van der Waals surface area (Å²) < 4.78 is 0. The molecule has 0 saturated heterocycles. The molecule has 0 aliphatic heterocycles. The first-order valence-corrected chi connectivity index (χ1v) is 6.68. The average molecular weight is 260 g/mol. The van der Waals surface area contributed by atoms with Crippen molar-refractivity contribution in [3.05, 3.63) is 72.1 Å². The highest BCUT2D eigenvalue weighted by Gasteiger charge is 2.04. The summed E-state index contributed by atoms with van der Waals surface area (Å²) in [5.74, 6) is 0. The molecular formula is C18H16N2. The first-order chi connectivity index (χ1) is 9.72. The highest BCUT2D eigenvalue weighted by atomic mass is 14.8. The van der Waals surface area contributed by atoms with Gasteiger partial charge >= 0.3 is 0 Å². The van der Waals surface area contributed by atoms with E-state index in [4.69, 9.17) is 0 Å². The van der Waals surface area contributed by atoms with Gasteiger partial charge in [0.1, 0.15) is 6.33 Å². The predicted octanol–water partition coefficient (Wildman–Crippen LogP) is 4.43. The molecular weight excluding hydrogens is 244 g/mol. The Morgan fingerprint density at radius 2 is 1.15 bits per heavy atom. The molecule has 0 unspecified atom stereocenters. The summed E-state index contributed by atoms with van der Waals surface area (Å²) >= 11 is 0. The predicted molar refractivity (Wildman–Crippen MR) is 82.4 cm³/mol. The lowest BCUT2D eigenvalue weighted by atomic mass is 10.0. The molecule has 0 radical (unpaired) electrons. The molecule has 0 atom stereocenters. The molecule has 98 valence electrons. The summed E-state index contributed by atoms with van der Waals surface area (Å²) in [6.45, 7) is 4.18. The third-order valence-corrected chi connectivity index (χ3v) is 3.29. The normalized spacial score (nSPS) is 10.5. The fourth-order valence-electron chi connectivity index (χ4n) is 2.28. The van der Waals surface area contributed by atoms with E-state index in [0.717, 1.165) is 22.5 Å². The van der Waals surface area contributed by atoms with E-state index in [-0.39, 0.29) is 0 Å². The molecule has 20 heavy (non-hydrogen) atoms. The van der Waals surface area contributed by atoms with Gasteiger partial charge < -0.3 is 0 Å². The molecule has 3 rings (SSSR count). The molecule has 2 nitrogen and oxygen atoms in total. The van der Waals surface area contributed by atoms with Gasteiger partial charge in [0.05, 0.1) is 11.4 Å². The van der Waals surface area contributed by atoms with E-state index < -0.39 is 0 Å². The standard InChI is InChI=1S/C18H16N2/c1-13-5-3-7-15(9-13)17-11-18(20-12-19-17)16-8-4-6-14(2)10-16/h3-12H,1-2H3. The molecule has 0 saturated carbocycles. The van der Waals surface area contributed by atoms with Gasteiger partial charge in [-0.05, 0) is 32.0 Å². The summed E-state index contributed by atoms with van der Waals surface area (Å²) in [7, 11) is 0. The molecule has 0 aliphatic carbocycles. The Kier molecular flexibility index (Phi) is 3.30. The van der Waals surface area contributed by atoms with E-state index in [1.807, 2.05) is 6.07 Å². The van der Waals surface area contributed by atoms with Crippen molar-refractivity contribution in [1.82, 2.24) is 9.97 Å². The van der Waals surface area contributed by atoms with Crippen molar-refractivity contribution in [2.24, 2.45) is 0 Å². The van der Waals surface area contributed by atoms with Crippen LogP contribution in [0.3, 0.4) is 0 Å². The number of aryl methyl sites for hydroxylation is 2. The monoisotopic (exact) mass is 260 g/mol. The summed E-state index contributed by atoms with van der Waals surface area (Å²) in [5.41, 5.74) is 6.64. The van der Waals surface area contributed by atoms with Crippen LogP contribution in [0, 0.1) is 13.8 Å². The Labute approximate surface area is 119 Å². The number of nitrogens with zero attached hydrogens (tertiary/aromatic N) is 2.